The standard InChI is InChI=1S/C14H32N6O/c1-11(20(3)16-2)18-14(15)19-13-7-5-12(6-8-13)17-9-10-21-4/h11-13,16-17H,5-10H2,1-4H3,(H3,15,18,19)/t11?,12-,13-. The molecule has 7 heteroatoms. The van der Waals surface area contributed by atoms with Crippen molar-refractivity contribution in [2.45, 2.75) is 50.9 Å². The first kappa shape index (κ1) is 18.2. The van der Waals surface area contributed by atoms with Gasteiger partial charge in [-0.2, -0.15) is 0 Å². The van der Waals surface area contributed by atoms with Gasteiger partial charge in [0.05, 0.1) is 12.8 Å². The van der Waals surface area contributed by atoms with Crippen LogP contribution in [0.25, 0.3) is 0 Å². The highest BCUT2D eigenvalue weighted by Gasteiger charge is 2.21. The molecule has 1 aliphatic carbocycles. The molecule has 0 saturated heterocycles. The maximum Gasteiger partial charge on any atom is 0.189 e. The zero-order valence-corrected chi connectivity index (χ0v) is 13.8. The average Bonchev–Trinajstić information content (AvgIpc) is 2.48. The average molecular weight is 300 g/mol. The predicted octanol–water partition coefficient (Wildman–Crippen LogP) is 0.0598. The van der Waals surface area contributed by atoms with Crippen LogP contribution < -0.4 is 21.4 Å². The Morgan fingerprint density at radius 3 is 2.48 bits per heavy atom. The van der Waals surface area contributed by atoms with Crippen molar-refractivity contribution >= 4 is 5.96 Å². The number of hydrogen-bond acceptors (Lipinski definition) is 5. The first-order valence-corrected chi connectivity index (χ1v) is 7.81. The van der Waals surface area contributed by atoms with Gasteiger partial charge in [-0.1, -0.05) is 0 Å². The normalized spacial score (nSPS) is 23.9. The Hall–Kier alpha value is -0.890. The third-order valence-corrected chi connectivity index (χ3v) is 4.10. The van der Waals surface area contributed by atoms with E-state index >= 15 is 0 Å². The Morgan fingerprint density at radius 2 is 1.90 bits per heavy atom. The van der Waals surface area contributed by atoms with Gasteiger partial charge in [0.2, 0.25) is 0 Å². The van der Waals surface area contributed by atoms with Gasteiger partial charge in [0.1, 0.15) is 0 Å². The maximum absolute atomic E-state index is 8.00. The van der Waals surface area contributed by atoms with Gasteiger partial charge in [-0.3, -0.25) is 10.8 Å². The topological polar surface area (TPSA) is 84.4 Å². The summed E-state index contributed by atoms with van der Waals surface area (Å²) in [6.45, 7) is 3.71. The molecule has 21 heavy (non-hydrogen) atoms. The Labute approximate surface area is 128 Å². The van der Waals surface area contributed by atoms with Crippen molar-refractivity contribution in [1.29, 1.82) is 5.41 Å². The van der Waals surface area contributed by atoms with Crippen molar-refractivity contribution in [3.05, 3.63) is 0 Å². The van der Waals surface area contributed by atoms with Crippen LogP contribution in [0.5, 0.6) is 0 Å². The molecule has 1 fully saturated rings. The lowest BCUT2D eigenvalue weighted by atomic mass is 9.91. The molecule has 5 N–H and O–H groups in total. The molecular formula is C14H32N6O. The van der Waals surface area contributed by atoms with Crippen molar-refractivity contribution in [2.24, 2.45) is 0 Å². The van der Waals surface area contributed by atoms with Crippen molar-refractivity contribution < 1.29 is 4.74 Å². The summed E-state index contributed by atoms with van der Waals surface area (Å²) < 4.78 is 5.05. The molecule has 1 rings (SSSR count). The third kappa shape index (κ3) is 7.08. The fraction of sp³-hybridized carbons (Fsp3) is 0.929. The molecule has 0 spiro atoms. The van der Waals surface area contributed by atoms with E-state index in [1.807, 2.05) is 26.0 Å². The highest BCUT2D eigenvalue weighted by Crippen LogP contribution is 2.18. The Kier molecular flexibility index (Phi) is 8.60. The minimum atomic E-state index is 0.0713. The van der Waals surface area contributed by atoms with E-state index in [9.17, 15) is 0 Å². The molecule has 0 aromatic rings. The van der Waals surface area contributed by atoms with E-state index in [0.717, 1.165) is 38.8 Å². The molecule has 1 atom stereocenters. The number of nitrogens with one attached hydrogen (secondary N) is 5. The summed E-state index contributed by atoms with van der Waals surface area (Å²) in [5.74, 6) is 0.403. The minimum absolute atomic E-state index is 0.0713. The van der Waals surface area contributed by atoms with E-state index in [4.69, 9.17) is 10.1 Å². The van der Waals surface area contributed by atoms with Gasteiger partial charge in [0, 0.05) is 32.8 Å². The molecule has 1 saturated carbocycles. The number of methoxy groups -OCH3 is 1. The van der Waals surface area contributed by atoms with Crippen LogP contribution in [-0.2, 0) is 4.74 Å². The molecule has 0 radical (unpaired) electrons. The van der Waals surface area contributed by atoms with Crippen molar-refractivity contribution in [3.8, 4) is 0 Å². The van der Waals surface area contributed by atoms with E-state index in [1.165, 1.54) is 0 Å². The number of hydrazine groups is 1. The molecule has 0 aliphatic heterocycles. The van der Waals surface area contributed by atoms with E-state index < -0.39 is 0 Å². The lowest BCUT2D eigenvalue weighted by Gasteiger charge is -2.32. The molecule has 1 aliphatic rings. The van der Waals surface area contributed by atoms with Gasteiger partial charge in [0.25, 0.3) is 0 Å². The molecule has 0 aromatic carbocycles. The van der Waals surface area contributed by atoms with Gasteiger partial charge >= 0.3 is 0 Å². The highest BCUT2D eigenvalue weighted by atomic mass is 16.5. The summed E-state index contributed by atoms with van der Waals surface area (Å²) in [6, 6.07) is 0.993. The zero-order valence-electron chi connectivity index (χ0n) is 13.8. The molecular weight excluding hydrogens is 268 g/mol. The second kappa shape index (κ2) is 9.94. The summed E-state index contributed by atoms with van der Waals surface area (Å²) in [5.41, 5.74) is 3.03. The van der Waals surface area contributed by atoms with Gasteiger partial charge in [-0.05, 0) is 39.7 Å². The van der Waals surface area contributed by atoms with Crippen LogP contribution in [0.15, 0.2) is 0 Å². The highest BCUT2D eigenvalue weighted by molar-refractivity contribution is 5.76. The number of guanidine groups is 1. The molecule has 1 unspecified atom stereocenters. The molecule has 124 valence electrons. The fourth-order valence-electron chi connectivity index (χ4n) is 2.55. The smallest absolute Gasteiger partial charge is 0.189 e. The van der Waals surface area contributed by atoms with Gasteiger partial charge in [-0.15, -0.1) is 0 Å². The number of ether oxygens (including phenoxy) is 1. The predicted molar refractivity (Wildman–Crippen MR) is 86.2 cm³/mol. The van der Waals surface area contributed by atoms with E-state index in [1.54, 1.807) is 7.11 Å². The van der Waals surface area contributed by atoms with Crippen LogP contribution in [0, 0.1) is 5.41 Å². The molecule has 0 aromatic heterocycles. The van der Waals surface area contributed by atoms with Crippen LogP contribution in [-0.4, -0.2) is 63.6 Å². The SMILES string of the molecule is CNN(C)C(C)NC(=N)N[C@H]1CC[C@H](NCCOC)CC1. The van der Waals surface area contributed by atoms with Crippen LogP contribution in [0.3, 0.4) is 0 Å². The second-order valence-corrected chi connectivity index (χ2v) is 5.67. The van der Waals surface area contributed by atoms with Crippen molar-refractivity contribution in [1.82, 2.24) is 26.4 Å². The first-order valence-electron chi connectivity index (χ1n) is 7.81. The number of rotatable bonds is 8. The van der Waals surface area contributed by atoms with Crippen LogP contribution in [0.4, 0.5) is 0 Å². The maximum atomic E-state index is 8.00. The molecule has 0 bridgehead atoms. The Bertz CT molecular complexity index is 293. The molecule has 0 amide bonds. The van der Waals surface area contributed by atoms with E-state index in [-0.39, 0.29) is 6.17 Å². The summed E-state index contributed by atoms with van der Waals surface area (Å²) in [6.07, 6.45) is 4.58. The zero-order chi connectivity index (χ0) is 15.7. The van der Waals surface area contributed by atoms with E-state index in [2.05, 4.69) is 21.4 Å². The van der Waals surface area contributed by atoms with Gasteiger partial charge in [0.15, 0.2) is 5.96 Å². The quantitative estimate of drug-likeness (QED) is 0.143. The first-order chi connectivity index (χ1) is 10.1. The summed E-state index contributed by atoms with van der Waals surface area (Å²) in [5, 5.41) is 19.9. The summed E-state index contributed by atoms with van der Waals surface area (Å²) in [4.78, 5) is 0. The van der Waals surface area contributed by atoms with Crippen molar-refractivity contribution in [3.63, 3.8) is 0 Å². The minimum Gasteiger partial charge on any atom is -0.383 e. The van der Waals surface area contributed by atoms with Gasteiger partial charge in [-0.25, -0.2) is 5.01 Å². The monoisotopic (exact) mass is 300 g/mol. The van der Waals surface area contributed by atoms with Crippen LogP contribution in [0.2, 0.25) is 0 Å². The largest absolute Gasteiger partial charge is 0.383 e. The second-order valence-electron chi connectivity index (χ2n) is 5.67. The summed E-state index contributed by atoms with van der Waals surface area (Å²) >= 11 is 0. The van der Waals surface area contributed by atoms with Crippen molar-refractivity contribution in [2.75, 3.05) is 34.4 Å². The molecule has 7 nitrogen and oxygen atoms in total. The lowest BCUT2D eigenvalue weighted by molar-refractivity contribution is 0.179. The lowest BCUT2D eigenvalue weighted by Crippen LogP contribution is -2.54. The van der Waals surface area contributed by atoms with Crippen LogP contribution >= 0.6 is 0 Å². The fourth-order valence-corrected chi connectivity index (χ4v) is 2.55. The van der Waals surface area contributed by atoms with Crippen LogP contribution in [0.1, 0.15) is 32.6 Å². The third-order valence-electron chi connectivity index (χ3n) is 4.10. The molecule has 0 heterocycles. The number of nitrogens with zero attached hydrogens (tertiary/aromatic N) is 1. The number of hydrogen-bond donors (Lipinski definition) is 5. The Balaban J connectivity index is 2.18. The Morgan fingerprint density at radius 1 is 1.29 bits per heavy atom. The van der Waals surface area contributed by atoms with Gasteiger partial charge < -0.3 is 20.7 Å². The van der Waals surface area contributed by atoms with E-state index in [0.29, 0.717) is 18.0 Å². The summed E-state index contributed by atoms with van der Waals surface area (Å²) in [7, 11) is 5.54.